The lowest BCUT2D eigenvalue weighted by molar-refractivity contribution is 0.306. The normalized spacial score (nSPS) is 11.2. The Labute approximate surface area is 262 Å². The second-order valence-corrected chi connectivity index (χ2v) is 11.0. The van der Waals surface area contributed by atoms with E-state index in [9.17, 15) is 8.78 Å². The van der Waals surface area contributed by atoms with E-state index in [1.54, 1.807) is 30.3 Å². The van der Waals surface area contributed by atoms with Gasteiger partial charge in [-0.3, -0.25) is 0 Å². The van der Waals surface area contributed by atoms with Crippen molar-refractivity contribution >= 4 is 45.6 Å². The van der Waals surface area contributed by atoms with Crippen molar-refractivity contribution in [3.05, 3.63) is 136 Å². The van der Waals surface area contributed by atoms with Gasteiger partial charge in [-0.2, -0.15) is 0 Å². The van der Waals surface area contributed by atoms with Gasteiger partial charge in [-0.25, -0.2) is 18.7 Å². The van der Waals surface area contributed by atoms with Gasteiger partial charge in [0.05, 0.1) is 17.1 Å². The van der Waals surface area contributed by atoms with Crippen LogP contribution in [0.1, 0.15) is 16.9 Å². The van der Waals surface area contributed by atoms with E-state index >= 15 is 0 Å². The molecular formula is C34H26Cl2F2N4O2. The maximum absolute atomic E-state index is 13.6. The highest BCUT2D eigenvalue weighted by Gasteiger charge is 2.11. The van der Waals surface area contributed by atoms with Crippen molar-refractivity contribution in [2.45, 2.75) is 19.6 Å². The SMILES string of the molecule is Fc1cc(Cl)cc(CCNCc2ccc(-c3ccc4ncnc(Nc5ccc(OCc6cccc(F)c6)c(Cl)c5)c4c3)o2)c1. The molecule has 0 bridgehead atoms. The Morgan fingerprint density at radius 3 is 2.55 bits per heavy atom. The van der Waals surface area contributed by atoms with Crippen LogP contribution in [0.2, 0.25) is 10.0 Å². The second-order valence-electron chi connectivity index (χ2n) is 10.1. The zero-order valence-corrected chi connectivity index (χ0v) is 24.8. The Balaban J connectivity index is 1.11. The fraction of sp³-hybridized carbons (Fsp3) is 0.118. The molecule has 0 aliphatic heterocycles. The molecule has 2 aromatic heterocycles. The van der Waals surface area contributed by atoms with Crippen molar-refractivity contribution in [3.63, 3.8) is 0 Å². The molecule has 0 unspecified atom stereocenters. The number of hydrogen-bond donors (Lipinski definition) is 2. The molecule has 6 rings (SSSR count). The second kappa shape index (κ2) is 13.4. The molecule has 0 fully saturated rings. The third-order valence-corrected chi connectivity index (χ3v) is 7.39. The van der Waals surface area contributed by atoms with E-state index in [-0.39, 0.29) is 18.2 Å². The smallest absolute Gasteiger partial charge is 0.141 e. The first-order valence-electron chi connectivity index (χ1n) is 13.8. The fourth-order valence-electron chi connectivity index (χ4n) is 4.76. The van der Waals surface area contributed by atoms with Gasteiger partial charge in [0.2, 0.25) is 0 Å². The van der Waals surface area contributed by atoms with Gasteiger partial charge in [0.1, 0.15) is 47.7 Å². The molecule has 0 saturated heterocycles. The van der Waals surface area contributed by atoms with E-state index in [1.165, 1.54) is 30.6 Å². The highest BCUT2D eigenvalue weighted by molar-refractivity contribution is 6.32. The van der Waals surface area contributed by atoms with Gasteiger partial charge in [0.25, 0.3) is 0 Å². The topological polar surface area (TPSA) is 72.2 Å². The molecule has 10 heteroatoms. The van der Waals surface area contributed by atoms with Gasteiger partial charge in [-0.15, -0.1) is 0 Å². The molecule has 44 heavy (non-hydrogen) atoms. The number of aromatic nitrogens is 2. The van der Waals surface area contributed by atoms with E-state index in [2.05, 4.69) is 20.6 Å². The summed E-state index contributed by atoms with van der Waals surface area (Å²) in [5, 5.41) is 8.24. The van der Waals surface area contributed by atoms with E-state index in [4.69, 9.17) is 32.4 Å². The summed E-state index contributed by atoms with van der Waals surface area (Å²) in [7, 11) is 0. The third kappa shape index (κ3) is 7.34. The highest BCUT2D eigenvalue weighted by atomic mass is 35.5. The Morgan fingerprint density at radius 1 is 0.818 bits per heavy atom. The number of anilines is 2. The molecule has 2 heterocycles. The largest absolute Gasteiger partial charge is 0.487 e. The van der Waals surface area contributed by atoms with Gasteiger partial charge in [-0.1, -0.05) is 35.3 Å². The lowest BCUT2D eigenvalue weighted by Gasteiger charge is -2.12. The van der Waals surface area contributed by atoms with Crippen LogP contribution in [0.25, 0.3) is 22.2 Å². The number of nitrogens with zero attached hydrogens (tertiary/aromatic N) is 2. The monoisotopic (exact) mass is 630 g/mol. The van der Waals surface area contributed by atoms with Crippen molar-refractivity contribution in [2.24, 2.45) is 0 Å². The van der Waals surface area contributed by atoms with Gasteiger partial charge >= 0.3 is 0 Å². The zero-order valence-electron chi connectivity index (χ0n) is 23.3. The van der Waals surface area contributed by atoms with Crippen LogP contribution in [0.5, 0.6) is 5.75 Å². The number of benzene rings is 4. The maximum Gasteiger partial charge on any atom is 0.141 e. The summed E-state index contributed by atoms with van der Waals surface area (Å²) in [6.45, 7) is 1.36. The lowest BCUT2D eigenvalue weighted by atomic mass is 10.1. The van der Waals surface area contributed by atoms with Crippen LogP contribution in [0.3, 0.4) is 0 Å². The molecule has 0 aliphatic carbocycles. The Bertz CT molecular complexity index is 1910. The maximum atomic E-state index is 13.6. The number of fused-ring (bicyclic) bond motifs is 1. The van der Waals surface area contributed by atoms with Crippen molar-refractivity contribution in [3.8, 4) is 17.1 Å². The van der Waals surface area contributed by atoms with E-state index in [1.807, 2.05) is 36.4 Å². The quantitative estimate of drug-likeness (QED) is 0.139. The summed E-state index contributed by atoms with van der Waals surface area (Å²) in [6, 6.07) is 25.8. The van der Waals surface area contributed by atoms with Crippen LogP contribution in [0, 0.1) is 11.6 Å². The van der Waals surface area contributed by atoms with Crippen LogP contribution >= 0.6 is 23.2 Å². The van der Waals surface area contributed by atoms with Crippen molar-refractivity contribution < 1.29 is 17.9 Å². The molecule has 0 aliphatic rings. The highest BCUT2D eigenvalue weighted by Crippen LogP contribution is 2.33. The first-order valence-corrected chi connectivity index (χ1v) is 14.6. The number of hydrogen-bond acceptors (Lipinski definition) is 6. The predicted molar refractivity (Wildman–Crippen MR) is 170 cm³/mol. The summed E-state index contributed by atoms with van der Waals surface area (Å²) in [6.07, 6.45) is 2.14. The summed E-state index contributed by atoms with van der Waals surface area (Å²) < 4.78 is 38.9. The lowest BCUT2D eigenvalue weighted by Crippen LogP contribution is -2.16. The molecule has 0 atom stereocenters. The molecule has 0 amide bonds. The number of halogens is 4. The Morgan fingerprint density at radius 2 is 1.70 bits per heavy atom. The Hall–Kier alpha value is -4.50. The minimum atomic E-state index is -0.340. The molecule has 6 nitrogen and oxygen atoms in total. The minimum absolute atomic E-state index is 0.193. The van der Waals surface area contributed by atoms with Crippen LogP contribution in [0.4, 0.5) is 20.3 Å². The first-order chi connectivity index (χ1) is 21.4. The molecule has 6 aromatic rings. The number of furan rings is 1. The molecule has 222 valence electrons. The molecular weight excluding hydrogens is 605 g/mol. The average Bonchev–Trinajstić information content (AvgIpc) is 3.48. The van der Waals surface area contributed by atoms with Gasteiger partial charge in [0.15, 0.2) is 0 Å². The van der Waals surface area contributed by atoms with Gasteiger partial charge < -0.3 is 19.8 Å². The van der Waals surface area contributed by atoms with E-state index in [0.29, 0.717) is 58.1 Å². The fourth-order valence-corrected chi connectivity index (χ4v) is 5.24. The third-order valence-electron chi connectivity index (χ3n) is 6.87. The Kier molecular flexibility index (Phi) is 9.02. The number of nitrogens with one attached hydrogen (secondary N) is 2. The van der Waals surface area contributed by atoms with Crippen LogP contribution < -0.4 is 15.4 Å². The number of ether oxygens (including phenoxy) is 1. The summed E-state index contributed by atoms with van der Waals surface area (Å²) in [5.41, 5.74) is 3.88. The van der Waals surface area contributed by atoms with Crippen molar-refractivity contribution in [2.75, 3.05) is 11.9 Å². The zero-order chi connectivity index (χ0) is 30.5. The van der Waals surface area contributed by atoms with E-state index < -0.39 is 0 Å². The molecule has 4 aromatic carbocycles. The number of rotatable bonds is 11. The van der Waals surface area contributed by atoms with Crippen LogP contribution in [0.15, 0.2) is 102 Å². The summed E-state index contributed by atoms with van der Waals surface area (Å²) in [5.74, 6) is 1.91. The van der Waals surface area contributed by atoms with Gasteiger partial charge in [0, 0.05) is 21.7 Å². The molecule has 2 N–H and O–H groups in total. The molecule has 0 spiro atoms. The summed E-state index contributed by atoms with van der Waals surface area (Å²) >= 11 is 12.4. The molecule has 0 saturated carbocycles. The van der Waals surface area contributed by atoms with Crippen LogP contribution in [-0.4, -0.2) is 16.5 Å². The van der Waals surface area contributed by atoms with Crippen molar-refractivity contribution in [1.82, 2.24) is 15.3 Å². The minimum Gasteiger partial charge on any atom is -0.487 e. The summed E-state index contributed by atoms with van der Waals surface area (Å²) in [4.78, 5) is 8.86. The van der Waals surface area contributed by atoms with Crippen molar-refractivity contribution in [1.29, 1.82) is 0 Å². The van der Waals surface area contributed by atoms with E-state index in [0.717, 1.165) is 27.8 Å². The van der Waals surface area contributed by atoms with Crippen LogP contribution in [-0.2, 0) is 19.6 Å². The predicted octanol–water partition coefficient (Wildman–Crippen LogP) is 9.13. The standard InChI is InChI=1S/C34H26Cl2F2N4O2/c35-24-12-21(13-26(38)16-24)10-11-39-18-28-6-9-32(44-28)23-4-7-31-29(15-23)34(41-20-40-31)42-27-5-8-33(30(36)17-27)43-19-22-2-1-3-25(37)14-22/h1-9,12-17,20,39H,10-11,18-19H2,(H,40,41,42). The first kappa shape index (κ1) is 29.6. The molecule has 0 radical (unpaired) electrons. The average molecular weight is 632 g/mol. The van der Waals surface area contributed by atoms with Gasteiger partial charge in [-0.05, 0) is 103 Å².